The van der Waals surface area contributed by atoms with Gasteiger partial charge in [0.25, 0.3) is 0 Å². The Morgan fingerprint density at radius 3 is 2.52 bits per heavy atom. The summed E-state index contributed by atoms with van der Waals surface area (Å²) in [5.74, 6) is 0.465. The van der Waals surface area contributed by atoms with Crippen LogP contribution in [0.25, 0.3) is 0 Å². The summed E-state index contributed by atoms with van der Waals surface area (Å²) in [7, 11) is -3.24. The molecule has 1 saturated heterocycles. The van der Waals surface area contributed by atoms with Gasteiger partial charge in [-0.1, -0.05) is 41.9 Å². The molecule has 1 fully saturated rings. The molecule has 4 nitrogen and oxygen atoms in total. The van der Waals surface area contributed by atoms with Gasteiger partial charge in [0, 0.05) is 30.3 Å². The Bertz CT molecular complexity index is 779. The van der Waals surface area contributed by atoms with Crippen LogP contribution in [0.1, 0.15) is 12.0 Å². The van der Waals surface area contributed by atoms with Crippen molar-refractivity contribution in [3.63, 3.8) is 0 Å². The van der Waals surface area contributed by atoms with E-state index in [1.807, 2.05) is 54.6 Å². The third kappa shape index (κ3) is 5.46. The first-order valence-corrected chi connectivity index (χ1v) is 10.6. The number of benzene rings is 2. The summed E-state index contributed by atoms with van der Waals surface area (Å²) >= 11 is 5.93. The summed E-state index contributed by atoms with van der Waals surface area (Å²) in [4.78, 5) is 2.28. The van der Waals surface area contributed by atoms with Gasteiger partial charge in [-0.25, -0.2) is 13.1 Å². The van der Waals surface area contributed by atoms with Gasteiger partial charge in [0.1, 0.15) is 0 Å². The fraction of sp³-hybridized carbons (Fsp3) is 0.368. The van der Waals surface area contributed by atoms with E-state index in [1.165, 1.54) is 0 Å². The van der Waals surface area contributed by atoms with Gasteiger partial charge < -0.3 is 4.90 Å². The van der Waals surface area contributed by atoms with Crippen molar-refractivity contribution >= 4 is 27.3 Å². The predicted molar refractivity (Wildman–Crippen MR) is 104 cm³/mol. The number of halogens is 1. The number of rotatable bonds is 7. The van der Waals surface area contributed by atoms with Gasteiger partial charge in [0.05, 0.1) is 5.75 Å². The highest BCUT2D eigenvalue weighted by molar-refractivity contribution is 7.89. The van der Waals surface area contributed by atoms with Gasteiger partial charge >= 0.3 is 0 Å². The average molecular weight is 379 g/mol. The third-order valence-corrected chi connectivity index (χ3v) is 6.17. The zero-order valence-corrected chi connectivity index (χ0v) is 15.6. The van der Waals surface area contributed by atoms with Crippen molar-refractivity contribution in [2.45, 2.75) is 12.8 Å². The lowest BCUT2D eigenvalue weighted by Gasteiger charge is -2.19. The maximum Gasteiger partial charge on any atom is 0.211 e. The third-order valence-electron chi connectivity index (χ3n) is 4.57. The lowest BCUT2D eigenvalue weighted by molar-refractivity contribution is 0.541. The summed E-state index contributed by atoms with van der Waals surface area (Å²) in [6.07, 6.45) is 1.53. The van der Waals surface area contributed by atoms with E-state index in [2.05, 4.69) is 9.62 Å². The second kappa shape index (κ2) is 8.21. The molecule has 6 heteroatoms. The molecule has 1 N–H and O–H groups in total. The Kier molecular flexibility index (Phi) is 5.99. The number of hydrogen-bond donors (Lipinski definition) is 1. The normalized spacial score (nSPS) is 17.8. The molecule has 1 aliphatic rings. The first kappa shape index (κ1) is 18.2. The van der Waals surface area contributed by atoms with Crippen molar-refractivity contribution < 1.29 is 8.42 Å². The first-order valence-electron chi connectivity index (χ1n) is 8.54. The standard InChI is InChI=1S/C19H23ClN2O2S/c20-18-6-8-19(9-7-18)22-12-10-17(15-22)14-21-25(23,24)13-11-16-4-2-1-3-5-16/h1-9,17,21H,10-15H2. The SMILES string of the molecule is O=S(=O)(CCc1ccccc1)NCC1CCN(c2ccc(Cl)cc2)C1. The Labute approximate surface area is 154 Å². The Morgan fingerprint density at radius 1 is 1.08 bits per heavy atom. The van der Waals surface area contributed by atoms with E-state index in [4.69, 9.17) is 11.6 Å². The number of nitrogens with one attached hydrogen (secondary N) is 1. The molecule has 0 saturated carbocycles. The molecule has 3 rings (SSSR count). The van der Waals surface area contributed by atoms with Gasteiger partial charge in [-0.3, -0.25) is 0 Å². The molecule has 0 bridgehead atoms. The van der Waals surface area contributed by atoms with E-state index in [9.17, 15) is 8.42 Å². The lowest BCUT2D eigenvalue weighted by Crippen LogP contribution is -2.33. The number of nitrogens with zero attached hydrogens (tertiary/aromatic N) is 1. The highest BCUT2D eigenvalue weighted by atomic mass is 35.5. The van der Waals surface area contributed by atoms with Crippen LogP contribution in [0.5, 0.6) is 0 Å². The molecule has 2 aromatic carbocycles. The van der Waals surface area contributed by atoms with Crippen LogP contribution in [0.4, 0.5) is 5.69 Å². The number of sulfonamides is 1. The van der Waals surface area contributed by atoms with Crippen LogP contribution in [0.3, 0.4) is 0 Å². The minimum absolute atomic E-state index is 0.130. The first-order chi connectivity index (χ1) is 12.0. The molecule has 2 aromatic rings. The number of aryl methyl sites for hydroxylation is 1. The lowest BCUT2D eigenvalue weighted by atomic mass is 10.1. The Balaban J connectivity index is 1.46. The molecule has 0 spiro atoms. The second-order valence-corrected chi connectivity index (χ2v) is 8.84. The zero-order chi connectivity index (χ0) is 17.7. The minimum Gasteiger partial charge on any atom is -0.371 e. The van der Waals surface area contributed by atoms with Crippen LogP contribution in [-0.4, -0.2) is 33.8 Å². The van der Waals surface area contributed by atoms with Crippen LogP contribution in [0.15, 0.2) is 54.6 Å². The molecule has 0 radical (unpaired) electrons. The predicted octanol–water partition coefficient (Wildman–Crippen LogP) is 3.33. The summed E-state index contributed by atoms with van der Waals surface area (Å²) in [5.41, 5.74) is 2.18. The molecule has 1 aliphatic heterocycles. The number of hydrogen-bond acceptors (Lipinski definition) is 3. The Morgan fingerprint density at radius 2 is 1.80 bits per heavy atom. The maximum absolute atomic E-state index is 12.2. The fourth-order valence-corrected chi connectivity index (χ4v) is 4.36. The van der Waals surface area contributed by atoms with Gasteiger partial charge in [-0.2, -0.15) is 0 Å². The van der Waals surface area contributed by atoms with Crippen LogP contribution >= 0.6 is 11.6 Å². The van der Waals surface area contributed by atoms with Crippen molar-refractivity contribution in [3.8, 4) is 0 Å². The van der Waals surface area contributed by atoms with Crippen molar-refractivity contribution in [1.82, 2.24) is 4.72 Å². The molecule has 25 heavy (non-hydrogen) atoms. The van der Waals surface area contributed by atoms with E-state index in [0.29, 0.717) is 18.9 Å². The molecule has 1 unspecified atom stereocenters. The van der Waals surface area contributed by atoms with Crippen LogP contribution in [0, 0.1) is 5.92 Å². The van der Waals surface area contributed by atoms with E-state index in [1.54, 1.807) is 0 Å². The Hall–Kier alpha value is -1.56. The average Bonchev–Trinajstić information content (AvgIpc) is 3.09. The van der Waals surface area contributed by atoms with E-state index >= 15 is 0 Å². The smallest absolute Gasteiger partial charge is 0.211 e. The van der Waals surface area contributed by atoms with Crippen molar-refractivity contribution in [1.29, 1.82) is 0 Å². The molecule has 0 aromatic heterocycles. The highest BCUT2D eigenvalue weighted by Gasteiger charge is 2.24. The van der Waals surface area contributed by atoms with Crippen molar-refractivity contribution in [2.75, 3.05) is 30.3 Å². The minimum atomic E-state index is -3.24. The summed E-state index contributed by atoms with van der Waals surface area (Å²) < 4.78 is 27.2. The summed E-state index contributed by atoms with van der Waals surface area (Å²) in [6.45, 7) is 2.31. The fourth-order valence-electron chi connectivity index (χ4n) is 3.10. The monoisotopic (exact) mass is 378 g/mol. The van der Waals surface area contributed by atoms with Gasteiger partial charge in [-0.05, 0) is 48.6 Å². The van der Waals surface area contributed by atoms with Crippen LogP contribution in [-0.2, 0) is 16.4 Å². The molecular formula is C19H23ClN2O2S. The molecular weight excluding hydrogens is 356 g/mol. The zero-order valence-electron chi connectivity index (χ0n) is 14.1. The largest absolute Gasteiger partial charge is 0.371 e. The molecule has 0 amide bonds. The number of anilines is 1. The molecule has 134 valence electrons. The summed E-state index contributed by atoms with van der Waals surface area (Å²) in [5, 5.41) is 0.727. The van der Waals surface area contributed by atoms with Crippen molar-refractivity contribution in [2.24, 2.45) is 5.92 Å². The molecule has 1 heterocycles. The van der Waals surface area contributed by atoms with Crippen LogP contribution in [0.2, 0.25) is 5.02 Å². The quantitative estimate of drug-likeness (QED) is 0.804. The molecule has 1 atom stereocenters. The van der Waals surface area contributed by atoms with Crippen molar-refractivity contribution in [3.05, 3.63) is 65.2 Å². The van der Waals surface area contributed by atoms with Gasteiger partial charge in [-0.15, -0.1) is 0 Å². The van der Waals surface area contributed by atoms with E-state index in [-0.39, 0.29) is 5.75 Å². The van der Waals surface area contributed by atoms with Crippen LogP contribution < -0.4 is 9.62 Å². The van der Waals surface area contributed by atoms with E-state index < -0.39 is 10.0 Å². The van der Waals surface area contributed by atoms with Gasteiger partial charge in [0.2, 0.25) is 10.0 Å². The van der Waals surface area contributed by atoms with Gasteiger partial charge in [0.15, 0.2) is 0 Å². The van der Waals surface area contributed by atoms with E-state index in [0.717, 1.165) is 35.8 Å². The summed E-state index contributed by atoms with van der Waals surface area (Å²) in [6, 6.07) is 17.5. The topological polar surface area (TPSA) is 49.4 Å². The molecule has 0 aliphatic carbocycles. The highest BCUT2D eigenvalue weighted by Crippen LogP contribution is 2.24. The maximum atomic E-state index is 12.2. The second-order valence-electron chi connectivity index (χ2n) is 6.48.